The quantitative estimate of drug-likeness (QED) is 0.601. The summed E-state index contributed by atoms with van der Waals surface area (Å²) in [6.45, 7) is 5.18. The molecule has 0 amide bonds. The van der Waals surface area contributed by atoms with E-state index in [1.807, 2.05) is 13.8 Å². The van der Waals surface area contributed by atoms with Crippen LogP contribution >= 0.6 is 0 Å². The van der Waals surface area contributed by atoms with Crippen LogP contribution in [-0.2, 0) is 6.54 Å². The van der Waals surface area contributed by atoms with Gasteiger partial charge in [0.25, 0.3) is 0 Å². The maximum Gasteiger partial charge on any atom is 0.125 e. The van der Waals surface area contributed by atoms with Crippen molar-refractivity contribution in [1.82, 2.24) is 0 Å². The number of ether oxygens (including phenoxy) is 1. The highest BCUT2D eigenvalue weighted by Crippen LogP contribution is 2.24. The Balaban J connectivity index is 2.84. The second kappa shape index (κ2) is 5.43. The molecular weight excluding hydrogens is 186 g/mol. The van der Waals surface area contributed by atoms with E-state index in [1.165, 1.54) is 0 Å². The molecule has 15 heavy (non-hydrogen) atoms. The molecule has 0 saturated heterocycles. The van der Waals surface area contributed by atoms with E-state index in [0.29, 0.717) is 19.6 Å². The van der Waals surface area contributed by atoms with E-state index >= 15 is 0 Å². The lowest BCUT2D eigenvalue weighted by molar-refractivity contribution is 0.322. The zero-order chi connectivity index (χ0) is 11.3. The molecule has 2 N–H and O–H groups in total. The van der Waals surface area contributed by atoms with Crippen molar-refractivity contribution in [2.45, 2.75) is 26.8 Å². The molecule has 0 aliphatic heterocycles. The van der Waals surface area contributed by atoms with Gasteiger partial charge >= 0.3 is 0 Å². The van der Waals surface area contributed by atoms with E-state index in [-0.39, 0.29) is 0 Å². The van der Waals surface area contributed by atoms with Crippen LogP contribution in [0.5, 0.6) is 5.75 Å². The van der Waals surface area contributed by atoms with Gasteiger partial charge in [0.1, 0.15) is 5.75 Å². The Morgan fingerprint density at radius 1 is 1.33 bits per heavy atom. The van der Waals surface area contributed by atoms with E-state index < -0.39 is 0 Å². The number of benzene rings is 1. The maximum absolute atomic E-state index is 5.62. The lowest BCUT2D eigenvalue weighted by Crippen LogP contribution is -2.03. The molecule has 0 saturated carbocycles. The van der Waals surface area contributed by atoms with Gasteiger partial charge < -0.3 is 10.5 Å². The van der Waals surface area contributed by atoms with Gasteiger partial charge in [0.15, 0.2) is 0 Å². The Kier molecular flexibility index (Phi) is 4.20. The van der Waals surface area contributed by atoms with Crippen LogP contribution in [-0.4, -0.2) is 6.61 Å². The predicted molar refractivity (Wildman–Crippen MR) is 62.8 cm³/mol. The van der Waals surface area contributed by atoms with Crippen molar-refractivity contribution >= 4 is 0 Å². The molecule has 0 heterocycles. The van der Waals surface area contributed by atoms with Crippen LogP contribution in [0.1, 0.15) is 23.1 Å². The number of hydrogen-bond acceptors (Lipinski definition) is 2. The zero-order valence-electron chi connectivity index (χ0n) is 9.34. The van der Waals surface area contributed by atoms with Crippen molar-refractivity contribution in [3.63, 3.8) is 0 Å². The molecule has 0 bridgehead atoms. The topological polar surface area (TPSA) is 35.2 Å². The molecule has 0 atom stereocenters. The minimum absolute atomic E-state index is 0.562. The summed E-state index contributed by atoms with van der Waals surface area (Å²) >= 11 is 0. The summed E-state index contributed by atoms with van der Waals surface area (Å²) in [4.78, 5) is 0. The average Bonchev–Trinajstić information content (AvgIpc) is 2.22. The first-order valence-corrected chi connectivity index (χ1v) is 5.05. The van der Waals surface area contributed by atoms with E-state index in [0.717, 1.165) is 22.4 Å². The van der Waals surface area contributed by atoms with E-state index in [2.05, 4.69) is 18.1 Å². The highest BCUT2D eigenvalue weighted by Gasteiger charge is 2.05. The highest BCUT2D eigenvalue weighted by atomic mass is 16.5. The summed E-state index contributed by atoms with van der Waals surface area (Å²) < 4.78 is 5.62. The van der Waals surface area contributed by atoms with Gasteiger partial charge in [0.2, 0.25) is 0 Å². The maximum atomic E-state index is 5.62. The van der Waals surface area contributed by atoms with E-state index in [4.69, 9.17) is 16.9 Å². The number of rotatable bonds is 4. The molecule has 80 valence electrons. The summed E-state index contributed by atoms with van der Waals surface area (Å²) in [6, 6.07) is 4.11. The lowest BCUT2D eigenvalue weighted by Gasteiger charge is -2.12. The van der Waals surface area contributed by atoms with Crippen LogP contribution < -0.4 is 10.5 Å². The first-order valence-electron chi connectivity index (χ1n) is 5.05. The molecule has 0 aliphatic rings. The van der Waals surface area contributed by atoms with Crippen molar-refractivity contribution < 1.29 is 4.74 Å². The van der Waals surface area contributed by atoms with Crippen molar-refractivity contribution in [3.8, 4) is 18.1 Å². The minimum Gasteiger partial charge on any atom is -0.492 e. The molecule has 0 unspecified atom stereocenters. The molecule has 0 spiro atoms. The summed E-state index contributed by atoms with van der Waals surface area (Å²) in [6.07, 6.45) is 5.80. The zero-order valence-corrected chi connectivity index (χ0v) is 9.34. The normalized spacial score (nSPS) is 9.73. The van der Waals surface area contributed by atoms with Crippen molar-refractivity contribution in [2.75, 3.05) is 6.61 Å². The Morgan fingerprint density at radius 3 is 2.40 bits per heavy atom. The van der Waals surface area contributed by atoms with Crippen LogP contribution in [0, 0.1) is 26.2 Å². The Hall–Kier alpha value is -1.46. The smallest absolute Gasteiger partial charge is 0.125 e. The molecule has 0 radical (unpaired) electrons. The molecule has 0 aromatic heterocycles. The van der Waals surface area contributed by atoms with Crippen LogP contribution in [0.3, 0.4) is 0 Å². The monoisotopic (exact) mass is 203 g/mol. The Morgan fingerprint density at radius 2 is 1.93 bits per heavy atom. The van der Waals surface area contributed by atoms with Gasteiger partial charge in [0.05, 0.1) is 6.61 Å². The molecule has 1 aromatic rings. The average molecular weight is 203 g/mol. The van der Waals surface area contributed by atoms with E-state index in [9.17, 15) is 0 Å². The number of aryl methyl sites for hydroxylation is 2. The summed E-state index contributed by atoms with van der Waals surface area (Å²) in [7, 11) is 0. The largest absolute Gasteiger partial charge is 0.492 e. The molecule has 1 aromatic carbocycles. The number of terminal acetylenes is 1. The van der Waals surface area contributed by atoms with Gasteiger partial charge in [0, 0.05) is 13.0 Å². The fraction of sp³-hybridized carbons (Fsp3) is 0.385. The van der Waals surface area contributed by atoms with E-state index in [1.54, 1.807) is 0 Å². The lowest BCUT2D eigenvalue weighted by atomic mass is 10.1. The standard InChI is InChI=1S/C13H17NO/c1-4-5-6-15-13-10(2)7-12(9-14)8-11(13)3/h1,7-8H,5-6,9,14H2,2-3H3. The first-order chi connectivity index (χ1) is 7.19. The minimum atomic E-state index is 0.562. The molecular formula is C13H17NO. The molecule has 1 rings (SSSR count). The highest BCUT2D eigenvalue weighted by molar-refractivity contribution is 5.43. The second-order valence-corrected chi connectivity index (χ2v) is 3.57. The number of nitrogens with two attached hydrogens (primary N) is 1. The van der Waals surface area contributed by atoms with Crippen molar-refractivity contribution in [3.05, 3.63) is 28.8 Å². The van der Waals surface area contributed by atoms with Crippen LogP contribution in [0.25, 0.3) is 0 Å². The summed E-state index contributed by atoms with van der Waals surface area (Å²) in [5.74, 6) is 3.49. The fourth-order valence-corrected chi connectivity index (χ4v) is 1.60. The SMILES string of the molecule is C#CCCOc1c(C)cc(CN)cc1C. The van der Waals surface area contributed by atoms with Crippen molar-refractivity contribution in [1.29, 1.82) is 0 Å². The van der Waals surface area contributed by atoms with Gasteiger partial charge in [-0.25, -0.2) is 0 Å². The fourth-order valence-electron chi connectivity index (χ4n) is 1.60. The van der Waals surface area contributed by atoms with Crippen LogP contribution in [0.15, 0.2) is 12.1 Å². The third-order valence-electron chi connectivity index (χ3n) is 2.25. The second-order valence-electron chi connectivity index (χ2n) is 3.57. The van der Waals surface area contributed by atoms with Crippen molar-refractivity contribution in [2.24, 2.45) is 5.73 Å². The molecule has 2 heteroatoms. The third kappa shape index (κ3) is 3.00. The van der Waals surface area contributed by atoms with Crippen LogP contribution in [0.2, 0.25) is 0 Å². The van der Waals surface area contributed by atoms with Gasteiger partial charge in [-0.2, -0.15) is 0 Å². The number of hydrogen-bond donors (Lipinski definition) is 1. The van der Waals surface area contributed by atoms with Crippen LogP contribution in [0.4, 0.5) is 0 Å². The molecule has 0 fully saturated rings. The van der Waals surface area contributed by atoms with Gasteiger partial charge in [-0.05, 0) is 30.5 Å². The van der Waals surface area contributed by atoms with Gasteiger partial charge in [-0.15, -0.1) is 12.3 Å². The van der Waals surface area contributed by atoms with Gasteiger partial charge in [-0.1, -0.05) is 12.1 Å². The van der Waals surface area contributed by atoms with Gasteiger partial charge in [-0.3, -0.25) is 0 Å². The predicted octanol–water partition coefficient (Wildman–Crippen LogP) is 2.16. The molecule has 0 aliphatic carbocycles. The third-order valence-corrected chi connectivity index (χ3v) is 2.25. The molecule has 2 nitrogen and oxygen atoms in total. The summed E-state index contributed by atoms with van der Waals surface area (Å²) in [5, 5.41) is 0. The first kappa shape index (κ1) is 11.6. The summed E-state index contributed by atoms with van der Waals surface area (Å²) in [5.41, 5.74) is 8.96. The Labute approximate surface area is 91.4 Å². The Bertz CT molecular complexity index is 354.